The Hall–Kier alpha value is -4.27. The number of methoxy groups -OCH3 is 3. The van der Waals surface area contributed by atoms with Crippen LogP contribution in [0, 0.1) is 6.92 Å². The van der Waals surface area contributed by atoms with Crippen molar-refractivity contribution in [3.63, 3.8) is 0 Å². The van der Waals surface area contributed by atoms with Crippen LogP contribution in [-0.2, 0) is 6.42 Å². The van der Waals surface area contributed by atoms with E-state index >= 15 is 0 Å². The number of aryl methyl sites for hydroxylation is 2. The van der Waals surface area contributed by atoms with Crippen LogP contribution in [0.15, 0.2) is 50.1 Å². The summed E-state index contributed by atoms with van der Waals surface area (Å²) in [6.45, 7) is 3.73. The molecule has 0 N–H and O–H groups in total. The molecule has 1 aliphatic rings. The van der Waals surface area contributed by atoms with E-state index in [1.165, 1.54) is 26.2 Å². The summed E-state index contributed by atoms with van der Waals surface area (Å²) in [5, 5.41) is 4.46. The zero-order valence-electron chi connectivity index (χ0n) is 20.0. The van der Waals surface area contributed by atoms with Crippen molar-refractivity contribution in [2.24, 2.45) is 0 Å². The highest BCUT2D eigenvalue weighted by Crippen LogP contribution is 2.46. The first kappa shape index (κ1) is 22.5. The Balaban J connectivity index is 1.83. The van der Waals surface area contributed by atoms with E-state index < -0.39 is 11.9 Å². The lowest BCUT2D eigenvalue weighted by molar-refractivity contribution is 0.0969. The van der Waals surface area contributed by atoms with Crippen molar-refractivity contribution >= 4 is 22.7 Å². The summed E-state index contributed by atoms with van der Waals surface area (Å²) in [5.41, 5.74) is 1.83. The minimum absolute atomic E-state index is 0.0360. The first-order valence-electron chi connectivity index (χ1n) is 11.1. The molecule has 0 bridgehead atoms. The van der Waals surface area contributed by atoms with Crippen LogP contribution in [0.25, 0.3) is 11.0 Å². The van der Waals surface area contributed by atoms with Crippen LogP contribution < -0.4 is 24.5 Å². The van der Waals surface area contributed by atoms with Crippen molar-refractivity contribution in [1.82, 2.24) is 5.16 Å². The number of benzene rings is 2. The largest absolute Gasteiger partial charge is 0.493 e. The van der Waals surface area contributed by atoms with Gasteiger partial charge in [0.1, 0.15) is 11.3 Å². The van der Waals surface area contributed by atoms with E-state index in [9.17, 15) is 9.59 Å². The van der Waals surface area contributed by atoms with Crippen LogP contribution in [0.2, 0.25) is 0 Å². The second-order valence-corrected chi connectivity index (χ2v) is 8.19. The Morgan fingerprint density at radius 1 is 1.00 bits per heavy atom. The molecule has 3 heterocycles. The second-order valence-electron chi connectivity index (χ2n) is 8.19. The molecule has 1 amide bonds. The van der Waals surface area contributed by atoms with Gasteiger partial charge >= 0.3 is 0 Å². The van der Waals surface area contributed by atoms with Gasteiger partial charge in [-0.2, -0.15) is 0 Å². The van der Waals surface area contributed by atoms with Crippen LogP contribution in [0.4, 0.5) is 5.82 Å². The molecule has 35 heavy (non-hydrogen) atoms. The molecule has 1 aliphatic heterocycles. The Morgan fingerprint density at radius 2 is 1.71 bits per heavy atom. The number of hydrogen-bond acceptors (Lipinski definition) is 8. The summed E-state index contributed by atoms with van der Waals surface area (Å²) in [6, 6.07) is 9.60. The number of carbonyl (C=O) groups is 1. The minimum atomic E-state index is -0.860. The zero-order valence-corrected chi connectivity index (χ0v) is 20.0. The van der Waals surface area contributed by atoms with Gasteiger partial charge in [-0.1, -0.05) is 18.1 Å². The van der Waals surface area contributed by atoms with Gasteiger partial charge in [-0.25, -0.2) is 0 Å². The average molecular weight is 476 g/mol. The summed E-state index contributed by atoms with van der Waals surface area (Å²) in [5.74, 6) is 1.41. The number of carbonyl (C=O) groups excluding carboxylic acids is 1. The number of fused-ring (bicyclic) bond motifs is 2. The molecule has 0 aliphatic carbocycles. The van der Waals surface area contributed by atoms with Gasteiger partial charge in [0, 0.05) is 6.07 Å². The highest BCUT2D eigenvalue weighted by molar-refractivity contribution is 6.10. The fraction of sp³-hybridized carbons (Fsp3) is 0.269. The van der Waals surface area contributed by atoms with Crippen molar-refractivity contribution in [2.75, 3.05) is 26.2 Å². The van der Waals surface area contributed by atoms with Gasteiger partial charge in [0.05, 0.1) is 38.3 Å². The van der Waals surface area contributed by atoms with E-state index in [1.807, 2.05) is 13.0 Å². The standard InChI is InChI=1S/C26H24N2O7/c1-6-14-7-8-17-16(10-14)23(29)21-22(15-11-18(31-3)24(33-5)19(12-15)32-4)28(26(30)25(21)34-17)20-9-13(2)35-27-20/h7-12,22H,6H2,1-5H3/t22-/m0/s1. The Morgan fingerprint density at radius 3 is 2.29 bits per heavy atom. The summed E-state index contributed by atoms with van der Waals surface area (Å²) in [7, 11) is 4.51. The lowest BCUT2D eigenvalue weighted by atomic mass is 9.97. The molecule has 0 saturated carbocycles. The van der Waals surface area contributed by atoms with E-state index in [4.69, 9.17) is 23.2 Å². The Bertz CT molecular complexity index is 1490. The van der Waals surface area contributed by atoms with E-state index in [0.717, 1.165) is 12.0 Å². The molecule has 0 saturated heterocycles. The fourth-order valence-corrected chi connectivity index (χ4v) is 4.52. The summed E-state index contributed by atoms with van der Waals surface area (Å²) in [6.07, 6.45) is 0.756. The van der Waals surface area contributed by atoms with Crippen LogP contribution in [0.5, 0.6) is 17.2 Å². The smallest absolute Gasteiger partial charge is 0.296 e. The number of rotatable bonds is 6. The lowest BCUT2D eigenvalue weighted by Gasteiger charge is -2.24. The first-order chi connectivity index (χ1) is 16.9. The normalized spacial score (nSPS) is 14.9. The highest BCUT2D eigenvalue weighted by Gasteiger charge is 2.45. The number of anilines is 1. The molecule has 0 radical (unpaired) electrons. The van der Waals surface area contributed by atoms with E-state index in [2.05, 4.69) is 5.16 Å². The van der Waals surface area contributed by atoms with Crippen LogP contribution in [-0.4, -0.2) is 32.4 Å². The van der Waals surface area contributed by atoms with Crippen molar-refractivity contribution in [3.05, 3.63) is 74.8 Å². The SMILES string of the molecule is CCc1ccc2oc3c(c(=O)c2c1)[C@H](c1cc(OC)c(OC)c(OC)c1)N(c1cc(C)on1)C3=O. The molecule has 0 fully saturated rings. The molecule has 180 valence electrons. The molecule has 2 aromatic carbocycles. The monoisotopic (exact) mass is 476 g/mol. The van der Waals surface area contributed by atoms with Crippen molar-refractivity contribution in [1.29, 1.82) is 0 Å². The maximum atomic E-state index is 13.9. The highest BCUT2D eigenvalue weighted by atomic mass is 16.5. The van der Waals surface area contributed by atoms with E-state index in [1.54, 1.807) is 37.3 Å². The zero-order chi connectivity index (χ0) is 24.9. The van der Waals surface area contributed by atoms with Crippen molar-refractivity contribution in [2.45, 2.75) is 26.3 Å². The lowest BCUT2D eigenvalue weighted by Crippen LogP contribution is -2.29. The molecule has 0 unspecified atom stereocenters. The number of ether oxygens (including phenoxy) is 3. The molecular formula is C26H24N2O7. The predicted octanol–water partition coefficient (Wildman–Crippen LogP) is 4.43. The van der Waals surface area contributed by atoms with E-state index in [-0.39, 0.29) is 22.6 Å². The van der Waals surface area contributed by atoms with Crippen LogP contribution in [0.3, 0.4) is 0 Å². The van der Waals surface area contributed by atoms with Crippen LogP contribution >= 0.6 is 0 Å². The maximum Gasteiger partial charge on any atom is 0.296 e. The van der Waals surface area contributed by atoms with Crippen molar-refractivity contribution in [3.8, 4) is 17.2 Å². The Kier molecular flexibility index (Phi) is 5.47. The molecule has 9 heteroatoms. The van der Waals surface area contributed by atoms with Gasteiger partial charge in [0.15, 0.2) is 22.7 Å². The van der Waals surface area contributed by atoms with Gasteiger partial charge in [0.25, 0.3) is 5.91 Å². The maximum absolute atomic E-state index is 13.9. The summed E-state index contributed by atoms with van der Waals surface area (Å²) >= 11 is 0. The molecule has 1 atom stereocenters. The van der Waals surface area contributed by atoms with Gasteiger partial charge in [-0.05, 0) is 48.7 Å². The first-order valence-corrected chi connectivity index (χ1v) is 11.1. The molecular weight excluding hydrogens is 452 g/mol. The minimum Gasteiger partial charge on any atom is -0.493 e. The van der Waals surface area contributed by atoms with Gasteiger partial charge in [-0.15, -0.1) is 0 Å². The van der Waals surface area contributed by atoms with Gasteiger partial charge in [-0.3, -0.25) is 14.5 Å². The third-order valence-electron chi connectivity index (χ3n) is 6.21. The number of aromatic nitrogens is 1. The third kappa shape index (κ3) is 3.42. The topological polar surface area (TPSA) is 104 Å². The molecule has 0 spiro atoms. The Labute approximate surface area is 200 Å². The fourth-order valence-electron chi connectivity index (χ4n) is 4.52. The average Bonchev–Trinajstić information content (AvgIpc) is 3.43. The quantitative estimate of drug-likeness (QED) is 0.403. The van der Waals surface area contributed by atoms with Crippen molar-refractivity contribution < 1.29 is 27.9 Å². The number of hydrogen-bond donors (Lipinski definition) is 0. The molecule has 5 rings (SSSR count). The summed E-state index contributed by atoms with van der Waals surface area (Å²) in [4.78, 5) is 28.9. The second kappa shape index (κ2) is 8.50. The predicted molar refractivity (Wildman–Crippen MR) is 128 cm³/mol. The number of nitrogens with zero attached hydrogens (tertiary/aromatic N) is 2. The van der Waals surface area contributed by atoms with E-state index in [0.29, 0.717) is 39.5 Å². The van der Waals surface area contributed by atoms with Gasteiger partial charge in [0.2, 0.25) is 11.5 Å². The number of amides is 1. The van der Waals surface area contributed by atoms with Crippen LogP contribution in [0.1, 0.15) is 46.0 Å². The third-order valence-corrected chi connectivity index (χ3v) is 6.21. The molecule has 4 aromatic rings. The molecule has 2 aromatic heterocycles. The molecule has 9 nitrogen and oxygen atoms in total. The van der Waals surface area contributed by atoms with Gasteiger partial charge < -0.3 is 23.2 Å². The summed E-state index contributed by atoms with van der Waals surface area (Å²) < 4.78 is 27.8.